The summed E-state index contributed by atoms with van der Waals surface area (Å²) in [7, 11) is 1.98. The topological polar surface area (TPSA) is 54.3 Å². The molecular formula is C27H24F3N5O. The van der Waals surface area contributed by atoms with E-state index in [0.29, 0.717) is 29.3 Å². The average Bonchev–Trinajstić information content (AvgIpc) is 3.38. The Labute approximate surface area is 206 Å². The van der Waals surface area contributed by atoms with Crippen LogP contribution in [0.2, 0.25) is 0 Å². The number of pyridine rings is 1. The molecule has 0 aliphatic carbocycles. The zero-order chi connectivity index (χ0) is 25.1. The maximum absolute atomic E-state index is 14.1. The number of nitrogens with zero attached hydrogens (tertiary/aromatic N) is 5. The first-order chi connectivity index (χ1) is 17.3. The Balaban J connectivity index is 1.32. The van der Waals surface area contributed by atoms with Gasteiger partial charge in [-0.3, -0.25) is 19.6 Å². The number of alkyl halides is 3. The van der Waals surface area contributed by atoms with Gasteiger partial charge in [-0.05, 0) is 61.1 Å². The highest BCUT2D eigenvalue weighted by atomic mass is 19.4. The highest BCUT2D eigenvalue weighted by Gasteiger charge is 2.52. The highest BCUT2D eigenvalue weighted by Crippen LogP contribution is 2.50. The van der Waals surface area contributed by atoms with Gasteiger partial charge in [0.15, 0.2) is 0 Å². The summed E-state index contributed by atoms with van der Waals surface area (Å²) in [6, 6.07) is 14.0. The van der Waals surface area contributed by atoms with Gasteiger partial charge >= 0.3 is 6.18 Å². The molecule has 0 atom stereocenters. The van der Waals surface area contributed by atoms with E-state index in [1.54, 1.807) is 29.3 Å². The average molecular weight is 492 g/mol. The van der Waals surface area contributed by atoms with Crippen LogP contribution in [-0.4, -0.2) is 38.4 Å². The van der Waals surface area contributed by atoms with Crippen LogP contribution in [0.15, 0.2) is 67.1 Å². The van der Waals surface area contributed by atoms with Crippen LogP contribution in [0.1, 0.15) is 29.9 Å². The number of fused-ring (bicyclic) bond motifs is 3. The van der Waals surface area contributed by atoms with Gasteiger partial charge in [0, 0.05) is 36.7 Å². The second-order valence-corrected chi connectivity index (χ2v) is 9.57. The van der Waals surface area contributed by atoms with Crippen LogP contribution in [0, 0.1) is 0 Å². The van der Waals surface area contributed by atoms with Crippen LogP contribution in [0.3, 0.4) is 0 Å². The van der Waals surface area contributed by atoms with Gasteiger partial charge in [-0.25, -0.2) is 4.98 Å². The normalized spacial score (nSPS) is 17.8. The van der Waals surface area contributed by atoms with Crippen molar-refractivity contribution in [3.05, 3.63) is 84.2 Å². The maximum Gasteiger partial charge on any atom is 0.433 e. The summed E-state index contributed by atoms with van der Waals surface area (Å²) in [5.74, 6) is 1.00. The zero-order valence-corrected chi connectivity index (χ0v) is 19.7. The van der Waals surface area contributed by atoms with E-state index in [4.69, 9.17) is 0 Å². The fraction of sp³-hybridized carbons (Fsp3) is 0.296. The van der Waals surface area contributed by atoms with E-state index >= 15 is 0 Å². The van der Waals surface area contributed by atoms with E-state index in [1.165, 1.54) is 6.20 Å². The third-order valence-electron chi connectivity index (χ3n) is 7.52. The standard InChI is InChI=1S/C27H24F3N5O/c1-33-13-10-31-24(33)17-34-11-8-26(9-12-34)21-4-2-3-5-22(21)35(25(26)36)20-7-6-18-15-23(27(28,29)30)32-16-19(18)14-20/h2-7,10,13-16H,8-9,11-12,17H2,1H3. The first-order valence-electron chi connectivity index (χ1n) is 11.9. The first-order valence-corrected chi connectivity index (χ1v) is 11.9. The van der Waals surface area contributed by atoms with E-state index in [-0.39, 0.29) is 5.91 Å². The molecule has 9 heteroatoms. The Morgan fingerprint density at radius 1 is 1.00 bits per heavy atom. The van der Waals surface area contributed by atoms with Crippen molar-refractivity contribution in [2.24, 2.45) is 7.05 Å². The van der Waals surface area contributed by atoms with Gasteiger partial charge in [-0.2, -0.15) is 13.2 Å². The SMILES string of the molecule is Cn1ccnc1CN1CCC2(CC1)C(=O)N(c1ccc3cc(C(F)(F)F)ncc3c1)c1ccccc12. The van der Waals surface area contributed by atoms with E-state index < -0.39 is 17.3 Å². The van der Waals surface area contributed by atoms with Crippen molar-refractivity contribution in [1.82, 2.24) is 19.4 Å². The van der Waals surface area contributed by atoms with Crippen molar-refractivity contribution >= 4 is 28.1 Å². The molecule has 1 amide bonds. The van der Waals surface area contributed by atoms with E-state index in [0.717, 1.165) is 42.8 Å². The van der Waals surface area contributed by atoms with Gasteiger partial charge in [-0.15, -0.1) is 0 Å². The summed E-state index contributed by atoms with van der Waals surface area (Å²) in [6.45, 7) is 2.27. The molecule has 1 saturated heterocycles. The summed E-state index contributed by atoms with van der Waals surface area (Å²) < 4.78 is 41.3. The monoisotopic (exact) mass is 491 g/mol. The number of rotatable bonds is 3. The lowest BCUT2D eigenvalue weighted by atomic mass is 9.73. The molecule has 1 fully saturated rings. The van der Waals surface area contributed by atoms with Crippen LogP contribution in [-0.2, 0) is 30.0 Å². The van der Waals surface area contributed by atoms with Crippen molar-refractivity contribution in [3.8, 4) is 0 Å². The molecule has 0 unspecified atom stereocenters. The molecule has 6 rings (SSSR count). The fourth-order valence-corrected chi connectivity index (χ4v) is 5.52. The number of aromatic nitrogens is 3. The number of halogens is 3. The molecular weight excluding hydrogens is 467 g/mol. The molecule has 0 radical (unpaired) electrons. The molecule has 0 bridgehead atoms. The molecule has 4 heterocycles. The minimum Gasteiger partial charge on any atom is -0.337 e. The minimum atomic E-state index is -4.51. The van der Waals surface area contributed by atoms with Gasteiger partial charge < -0.3 is 4.57 Å². The summed E-state index contributed by atoms with van der Waals surface area (Å²) in [5, 5.41) is 0.981. The third-order valence-corrected chi connectivity index (χ3v) is 7.52. The Bertz CT molecular complexity index is 1470. The number of carbonyl (C=O) groups excluding carboxylic acids is 1. The van der Waals surface area contributed by atoms with E-state index in [2.05, 4.69) is 14.9 Å². The number of piperidine rings is 1. The molecule has 2 aromatic heterocycles. The molecule has 2 aliphatic heterocycles. The smallest absolute Gasteiger partial charge is 0.337 e. The Hall–Kier alpha value is -3.72. The van der Waals surface area contributed by atoms with Crippen molar-refractivity contribution in [2.45, 2.75) is 31.0 Å². The molecule has 2 aliphatic rings. The van der Waals surface area contributed by atoms with Crippen molar-refractivity contribution in [2.75, 3.05) is 18.0 Å². The molecule has 4 aromatic rings. The second-order valence-electron chi connectivity index (χ2n) is 9.57. The van der Waals surface area contributed by atoms with Crippen LogP contribution < -0.4 is 4.90 Å². The maximum atomic E-state index is 14.1. The van der Waals surface area contributed by atoms with Gasteiger partial charge in [0.05, 0.1) is 17.6 Å². The van der Waals surface area contributed by atoms with E-state index in [1.807, 2.05) is 42.1 Å². The van der Waals surface area contributed by atoms with Crippen LogP contribution in [0.25, 0.3) is 10.8 Å². The largest absolute Gasteiger partial charge is 0.433 e. The molecule has 1 spiro atoms. The molecule has 0 saturated carbocycles. The number of likely N-dealkylation sites (tertiary alicyclic amines) is 1. The Kier molecular flexibility index (Phi) is 5.15. The predicted molar refractivity (Wildman–Crippen MR) is 130 cm³/mol. The van der Waals surface area contributed by atoms with Gasteiger partial charge in [0.25, 0.3) is 0 Å². The molecule has 184 valence electrons. The number of imidazole rings is 1. The number of hydrogen-bond acceptors (Lipinski definition) is 4. The molecule has 2 aromatic carbocycles. The Morgan fingerprint density at radius 3 is 2.50 bits per heavy atom. The summed E-state index contributed by atoms with van der Waals surface area (Å²) in [4.78, 5) is 26.1. The third kappa shape index (κ3) is 3.57. The van der Waals surface area contributed by atoms with Crippen molar-refractivity contribution in [3.63, 3.8) is 0 Å². The first kappa shape index (κ1) is 22.7. The number of amides is 1. The minimum absolute atomic E-state index is 0.0135. The number of aryl methyl sites for hydroxylation is 1. The lowest BCUT2D eigenvalue weighted by molar-refractivity contribution is -0.141. The fourth-order valence-electron chi connectivity index (χ4n) is 5.52. The number of carbonyl (C=O) groups is 1. The zero-order valence-electron chi connectivity index (χ0n) is 19.7. The lowest BCUT2D eigenvalue weighted by Crippen LogP contribution is -2.47. The van der Waals surface area contributed by atoms with Gasteiger partial charge in [-0.1, -0.05) is 24.3 Å². The molecule has 6 nitrogen and oxygen atoms in total. The predicted octanol–water partition coefficient (Wildman–Crippen LogP) is 5.20. The van der Waals surface area contributed by atoms with Crippen LogP contribution in [0.4, 0.5) is 24.5 Å². The number of para-hydroxylation sites is 1. The quantitative estimate of drug-likeness (QED) is 0.395. The second kappa shape index (κ2) is 8.16. The highest BCUT2D eigenvalue weighted by molar-refractivity contribution is 6.13. The van der Waals surface area contributed by atoms with Crippen LogP contribution in [0.5, 0.6) is 0 Å². The molecule has 0 N–H and O–H groups in total. The number of hydrogen-bond donors (Lipinski definition) is 0. The summed E-state index contributed by atoms with van der Waals surface area (Å²) in [6.07, 6.45) is 1.81. The molecule has 36 heavy (non-hydrogen) atoms. The lowest BCUT2D eigenvalue weighted by Gasteiger charge is -2.38. The van der Waals surface area contributed by atoms with E-state index in [9.17, 15) is 18.0 Å². The van der Waals surface area contributed by atoms with Crippen molar-refractivity contribution < 1.29 is 18.0 Å². The van der Waals surface area contributed by atoms with Crippen LogP contribution >= 0.6 is 0 Å². The summed E-state index contributed by atoms with van der Waals surface area (Å²) >= 11 is 0. The van der Waals surface area contributed by atoms with Gasteiger partial charge in [0.1, 0.15) is 11.5 Å². The summed E-state index contributed by atoms with van der Waals surface area (Å²) in [5.41, 5.74) is 0.925. The number of benzene rings is 2. The van der Waals surface area contributed by atoms with Gasteiger partial charge in [0.2, 0.25) is 5.91 Å². The Morgan fingerprint density at radius 2 is 1.78 bits per heavy atom. The number of anilines is 2. The van der Waals surface area contributed by atoms with Crippen molar-refractivity contribution in [1.29, 1.82) is 0 Å².